The van der Waals surface area contributed by atoms with E-state index >= 15 is 0 Å². The van der Waals surface area contributed by atoms with Crippen molar-refractivity contribution in [2.24, 2.45) is 5.41 Å². The number of benzene rings is 2. The van der Waals surface area contributed by atoms with Gasteiger partial charge in [-0.3, -0.25) is 9.59 Å². The van der Waals surface area contributed by atoms with Crippen LogP contribution < -0.4 is 10.6 Å². The first kappa shape index (κ1) is 18.6. The number of amides is 2. The van der Waals surface area contributed by atoms with Gasteiger partial charge < -0.3 is 15.4 Å². The molecule has 0 unspecified atom stereocenters. The Labute approximate surface area is 157 Å². The predicted octanol–water partition coefficient (Wildman–Crippen LogP) is 3.39. The Kier molecular flexibility index (Phi) is 5.26. The third-order valence-corrected chi connectivity index (χ3v) is 4.85. The van der Waals surface area contributed by atoms with Gasteiger partial charge in [0.05, 0.1) is 18.4 Å². The summed E-state index contributed by atoms with van der Waals surface area (Å²) in [7, 11) is 1.28. The summed E-state index contributed by atoms with van der Waals surface area (Å²) < 4.78 is 4.74. The van der Waals surface area contributed by atoms with Gasteiger partial charge in [-0.1, -0.05) is 37.3 Å². The number of nitrogens with one attached hydrogen (secondary N) is 2. The van der Waals surface area contributed by atoms with Gasteiger partial charge in [-0.15, -0.1) is 0 Å². The van der Waals surface area contributed by atoms with E-state index in [2.05, 4.69) is 10.6 Å². The van der Waals surface area contributed by atoms with Crippen molar-refractivity contribution >= 4 is 29.2 Å². The van der Waals surface area contributed by atoms with Gasteiger partial charge in [0.1, 0.15) is 5.41 Å². The molecule has 140 valence electrons. The van der Waals surface area contributed by atoms with E-state index in [1.165, 1.54) is 7.11 Å². The second kappa shape index (κ2) is 7.61. The summed E-state index contributed by atoms with van der Waals surface area (Å²) in [5, 5.41) is 5.61. The lowest BCUT2D eigenvalue weighted by atomic mass is 10.0. The van der Waals surface area contributed by atoms with Gasteiger partial charge in [0.2, 0.25) is 11.8 Å². The Morgan fingerprint density at radius 2 is 1.48 bits per heavy atom. The second-order valence-corrected chi connectivity index (χ2v) is 6.54. The van der Waals surface area contributed by atoms with Gasteiger partial charge in [-0.05, 0) is 43.0 Å². The zero-order chi connectivity index (χ0) is 19.4. The maximum absolute atomic E-state index is 12.8. The molecule has 3 rings (SSSR count). The summed E-state index contributed by atoms with van der Waals surface area (Å²) in [4.78, 5) is 37.5. The van der Waals surface area contributed by atoms with Crippen LogP contribution in [0.4, 0.5) is 11.4 Å². The third-order valence-electron chi connectivity index (χ3n) is 4.85. The minimum Gasteiger partial charge on any atom is -0.465 e. The van der Waals surface area contributed by atoms with Crippen LogP contribution in [-0.4, -0.2) is 24.9 Å². The number of para-hydroxylation sites is 2. The van der Waals surface area contributed by atoms with Crippen molar-refractivity contribution in [1.82, 2.24) is 0 Å². The molecule has 2 aromatic rings. The van der Waals surface area contributed by atoms with E-state index in [9.17, 15) is 14.4 Å². The van der Waals surface area contributed by atoms with E-state index in [1.54, 1.807) is 24.3 Å². The lowest BCUT2D eigenvalue weighted by Gasteiger charge is -2.18. The lowest BCUT2D eigenvalue weighted by Crippen LogP contribution is -2.36. The van der Waals surface area contributed by atoms with E-state index in [-0.39, 0.29) is 11.5 Å². The number of methoxy groups -OCH3 is 1. The maximum atomic E-state index is 12.8. The molecule has 1 aliphatic carbocycles. The Hall–Kier alpha value is -3.15. The number of rotatable bonds is 6. The minimum atomic E-state index is -1.11. The van der Waals surface area contributed by atoms with E-state index in [0.29, 0.717) is 18.5 Å². The highest BCUT2D eigenvalue weighted by molar-refractivity contribution is 6.17. The highest BCUT2D eigenvalue weighted by Gasteiger charge is 2.56. The number of hydrogen-bond acceptors (Lipinski definition) is 4. The summed E-state index contributed by atoms with van der Waals surface area (Å²) in [5.41, 5.74) is 1.21. The number of esters is 1. The van der Waals surface area contributed by atoms with Crippen LogP contribution in [-0.2, 0) is 20.7 Å². The first-order valence-corrected chi connectivity index (χ1v) is 8.90. The second-order valence-electron chi connectivity index (χ2n) is 6.54. The van der Waals surface area contributed by atoms with Gasteiger partial charge in [-0.25, -0.2) is 4.79 Å². The van der Waals surface area contributed by atoms with Gasteiger partial charge in [0.15, 0.2) is 0 Å². The molecule has 0 atom stereocenters. The summed E-state index contributed by atoms with van der Waals surface area (Å²) in [5.74, 6) is -1.28. The number of aryl methyl sites for hydroxylation is 1. The van der Waals surface area contributed by atoms with Crippen molar-refractivity contribution in [3.05, 3.63) is 59.7 Å². The molecule has 1 fully saturated rings. The molecule has 2 amide bonds. The van der Waals surface area contributed by atoms with Crippen molar-refractivity contribution < 1.29 is 19.1 Å². The molecule has 2 N–H and O–H groups in total. The summed E-state index contributed by atoms with van der Waals surface area (Å²) >= 11 is 0. The molecule has 1 aliphatic rings. The van der Waals surface area contributed by atoms with E-state index in [0.717, 1.165) is 17.7 Å². The van der Waals surface area contributed by atoms with Crippen molar-refractivity contribution in [3.8, 4) is 0 Å². The third kappa shape index (κ3) is 3.69. The summed E-state index contributed by atoms with van der Waals surface area (Å²) in [6.45, 7) is 2.01. The molecule has 0 aliphatic heterocycles. The minimum absolute atomic E-state index is 0.251. The van der Waals surface area contributed by atoms with Crippen LogP contribution in [0.3, 0.4) is 0 Å². The van der Waals surface area contributed by atoms with Gasteiger partial charge >= 0.3 is 5.97 Å². The Bertz CT molecular complexity index is 887. The van der Waals surface area contributed by atoms with E-state index in [1.807, 2.05) is 31.2 Å². The number of carbonyl (C=O) groups excluding carboxylic acids is 3. The lowest BCUT2D eigenvalue weighted by molar-refractivity contribution is -0.131. The quantitative estimate of drug-likeness (QED) is 0.606. The smallest absolute Gasteiger partial charge is 0.339 e. The molecule has 0 saturated heterocycles. The molecule has 1 saturated carbocycles. The number of carbonyl (C=O) groups is 3. The summed E-state index contributed by atoms with van der Waals surface area (Å²) in [6.07, 6.45) is 1.72. The SMILES string of the molecule is CCc1ccccc1NC(=O)C1(C(=O)Nc2ccccc2C(=O)OC)CC1. The number of anilines is 2. The topological polar surface area (TPSA) is 84.5 Å². The largest absolute Gasteiger partial charge is 0.465 e. The van der Waals surface area contributed by atoms with Crippen molar-refractivity contribution in [3.63, 3.8) is 0 Å². The van der Waals surface area contributed by atoms with Crippen LogP contribution >= 0.6 is 0 Å². The van der Waals surface area contributed by atoms with Gasteiger partial charge in [0.25, 0.3) is 0 Å². The van der Waals surface area contributed by atoms with Crippen LogP contribution in [0.1, 0.15) is 35.7 Å². The summed E-state index contributed by atoms with van der Waals surface area (Å²) in [6, 6.07) is 14.1. The van der Waals surface area contributed by atoms with Crippen molar-refractivity contribution in [2.75, 3.05) is 17.7 Å². The van der Waals surface area contributed by atoms with E-state index < -0.39 is 17.3 Å². The molecule has 0 bridgehead atoms. The fourth-order valence-corrected chi connectivity index (χ4v) is 3.00. The standard InChI is InChI=1S/C21H22N2O4/c1-3-14-8-4-6-10-16(14)22-19(25)21(12-13-21)20(26)23-17-11-7-5-9-15(17)18(24)27-2/h4-11H,3,12-13H2,1-2H3,(H,22,25)(H,23,26). The molecular formula is C21H22N2O4. The van der Waals surface area contributed by atoms with E-state index in [4.69, 9.17) is 4.74 Å². The highest BCUT2D eigenvalue weighted by atomic mass is 16.5. The molecule has 6 heteroatoms. The van der Waals surface area contributed by atoms with Gasteiger partial charge in [-0.2, -0.15) is 0 Å². The van der Waals surface area contributed by atoms with Crippen molar-refractivity contribution in [1.29, 1.82) is 0 Å². The molecular weight excluding hydrogens is 344 g/mol. The monoisotopic (exact) mass is 366 g/mol. The van der Waals surface area contributed by atoms with Crippen LogP contribution in [0.15, 0.2) is 48.5 Å². The zero-order valence-corrected chi connectivity index (χ0v) is 15.4. The normalized spacial score (nSPS) is 14.1. The number of hydrogen-bond donors (Lipinski definition) is 2. The Morgan fingerprint density at radius 1 is 0.926 bits per heavy atom. The van der Waals surface area contributed by atoms with Crippen LogP contribution in [0.2, 0.25) is 0 Å². The maximum Gasteiger partial charge on any atom is 0.339 e. The fraction of sp³-hybridized carbons (Fsp3) is 0.286. The van der Waals surface area contributed by atoms with Gasteiger partial charge in [0, 0.05) is 5.69 Å². The molecule has 0 spiro atoms. The predicted molar refractivity (Wildman–Crippen MR) is 103 cm³/mol. The molecule has 2 aromatic carbocycles. The van der Waals surface area contributed by atoms with Crippen LogP contribution in [0.25, 0.3) is 0 Å². The number of ether oxygens (including phenoxy) is 1. The average Bonchev–Trinajstić information content (AvgIpc) is 3.50. The molecule has 6 nitrogen and oxygen atoms in total. The molecule has 0 aromatic heterocycles. The van der Waals surface area contributed by atoms with Crippen LogP contribution in [0, 0.1) is 5.41 Å². The van der Waals surface area contributed by atoms with Crippen molar-refractivity contribution in [2.45, 2.75) is 26.2 Å². The molecule has 0 heterocycles. The Balaban J connectivity index is 1.77. The average molecular weight is 366 g/mol. The first-order chi connectivity index (χ1) is 13.0. The fourth-order valence-electron chi connectivity index (χ4n) is 3.00. The Morgan fingerprint density at radius 3 is 2.07 bits per heavy atom. The highest BCUT2D eigenvalue weighted by Crippen LogP contribution is 2.47. The molecule has 0 radical (unpaired) electrons. The van der Waals surface area contributed by atoms with Crippen LogP contribution in [0.5, 0.6) is 0 Å². The molecule has 27 heavy (non-hydrogen) atoms. The first-order valence-electron chi connectivity index (χ1n) is 8.90. The zero-order valence-electron chi connectivity index (χ0n) is 15.4.